The van der Waals surface area contributed by atoms with Gasteiger partial charge in [-0.15, -0.1) is 11.3 Å². The van der Waals surface area contributed by atoms with Crippen molar-refractivity contribution in [3.63, 3.8) is 0 Å². The minimum absolute atomic E-state index is 0.0452. The van der Waals surface area contributed by atoms with Gasteiger partial charge in [0.1, 0.15) is 6.04 Å². The molecule has 1 saturated heterocycles. The highest BCUT2D eigenvalue weighted by Crippen LogP contribution is 2.22. The summed E-state index contributed by atoms with van der Waals surface area (Å²) in [4.78, 5) is 26.6. The Morgan fingerprint density at radius 3 is 2.90 bits per heavy atom. The van der Waals surface area contributed by atoms with Crippen LogP contribution in [-0.4, -0.2) is 41.9 Å². The molecule has 7 heteroatoms. The van der Waals surface area contributed by atoms with E-state index in [2.05, 4.69) is 21.2 Å². The fourth-order valence-corrected chi connectivity index (χ4v) is 3.54. The molecule has 0 spiro atoms. The van der Waals surface area contributed by atoms with Crippen LogP contribution in [0.3, 0.4) is 0 Å². The predicted octanol–water partition coefficient (Wildman–Crippen LogP) is 1.58. The highest BCUT2D eigenvalue weighted by atomic mass is 79.9. The van der Waals surface area contributed by atoms with Crippen LogP contribution in [0, 0.1) is 0 Å². The molecule has 20 heavy (non-hydrogen) atoms. The van der Waals surface area contributed by atoms with Crippen molar-refractivity contribution in [3.05, 3.63) is 20.8 Å². The molecule has 1 aliphatic heterocycles. The highest BCUT2D eigenvalue weighted by molar-refractivity contribution is 9.11. The lowest BCUT2D eigenvalue weighted by molar-refractivity contribution is -0.134. The Kier molecular flexibility index (Phi) is 5.17. The Hall–Kier alpha value is -0.920. The van der Waals surface area contributed by atoms with Crippen molar-refractivity contribution >= 4 is 39.1 Å². The maximum Gasteiger partial charge on any atom is 0.262 e. The SMILES string of the molecule is CC(NC(=O)c1ccc(Br)s1)C(=O)N1CCCC(N)C1. The molecular weight excluding hydrogens is 342 g/mol. The molecule has 2 rings (SSSR count). The molecule has 0 aromatic carbocycles. The summed E-state index contributed by atoms with van der Waals surface area (Å²) in [6.07, 6.45) is 1.87. The topological polar surface area (TPSA) is 75.4 Å². The summed E-state index contributed by atoms with van der Waals surface area (Å²) in [5, 5.41) is 2.74. The van der Waals surface area contributed by atoms with E-state index in [1.54, 1.807) is 17.9 Å². The van der Waals surface area contributed by atoms with Crippen molar-refractivity contribution in [2.24, 2.45) is 5.73 Å². The number of carbonyl (C=O) groups is 2. The molecule has 1 aromatic rings. The molecule has 1 fully saturated rings. The molecular formula is C13H18BrN3O2S. The Morgan fingerprint density at radius 2 is 2.30 bits per heavy atom. The van der Waals surface area contributed by atoms with E-state index in [1.165, 1.54) is 11.3 Å². The monoisotopic (exact) mass is 359 g/mol. The molecule has 0 aliphatic carbocycles. The number of nitrogens with two attached hydrogens (primary N) is 1. The van der Waals surface area contributed by atoms with Crippen molar-refractivity contribution in [2.75, 3.05) is 13.1 Å². The minimum Gasteiger partial charge on any atom is -0.340 e. The number of carbonyl (C=O) groups excluding carboxylic acids is 2. The van der Waals surface area contributed by atoms with E-state index >= 15 is 0 Å². The number of rotatable bonds is 3. The van der Waals surface area contributed by atoms with E-state index in [0.29, 0.717) is 11.4 Å². The van der Waals surface area contributed by atoms with E-state index in [9.17, 15) is 9.59 Å². The van der Waals surface area contributed by atoms with E-state index in [0.717, 1.165) is 23.2 Å². The predicted molar refractivity (Wildman–Crippen MR) is 82.7 cm³/mol. The lowest BCUT2D eigenvalue weighted by atomic mass is 10.1. The van der Waals surface area contributed by atoms with E-state index < -0.39 is 6.04 Å². The largest absolute Gasteiger partial charge is 0.340 e. The first-order valence-electron chi connectivity index (χ1n) is 6.58. The number of piperidine rings is 1. The van der Waals surface area contributed by atoms with Crippen molar-refractivity contribution in [2.45, 2.75) is 31.8 Å². The lowest BCUT2D eigenvalue weighted by Gasteiger charge is -2.32. The maximum atomic E-state index is 12.3. The second-order valence-electron chi connectivity index (χ2n) is 4.99. The number of hydrogen-bond acceptors (Lipinski definition) is 4. The van der Waals surface area contributed by atoms with Crippen molar-refractivity contribution in [3.8, 4) is 0 Å². The molecule has 2 unspecified atom stereocenters. The van der Waals surface area contributed by atoms with Gasteiger partial charge < -0.3 is 16.0 Å². The van der Waals surface area contributed by atoms with Crippen LogP contribution in [0.15, 0.2) is 15.9 Å². The average Bonchev–Trinajstić information content (AvgIpc) is 2.84. The quantitative estimate of drug-likeness (QED) is 0.859. The summed E-state index contributed by atoms with van der Waals surface area (Å²) < 4.78 is 0.892. The Labute approximate surface area is 130 Å². The van der Waals surface area contributed by atoms with E-state index in [1.807, 2.05) is 6.07 Å². The van der Waals surface area contributed by atoms with Gasteiger partial charge in [0.05, 0.1) is 8.66 Å². The second-order valence-corrected chi connectivity index (χ2v) is 7.45. The summed E-state index contributed by atoms with van der Waals surface area (Å²) in [5.74, 6) is -0.285. The van der Waals surface area contributed by atoms with Crippen LogP contribution in [0.2, 0.25) is 0 Å². The normalized spacial score (nSPS) is 20.6. The third-order valence-corrected chi connectivity index (χ3v) is 4.91. The Bertz CT molecular complexity index is 506. The van der Waals surface area contributed by atoms with Gasteiger partial charge in [-0.1, -0.05) is 0 Å². The molecule has 2 heterocycles. The first-order valence-corrected chi connectivity index (χ1v) is 8.19. The lowest BCUT2D eigenvalue weighted by Crippen LogP contribution is -2.52. The van der Waals surface area contributed by atoms with Gasteiger partial charge in [0.15, 0.2) is 0 Å². The molecule has 1 aliphatic rings. The fourth-order valence-electron chi connectivity index (χ4n) is 2.25. The number of nitrogens with one attached hydrogen (secondary N) is 1. The Balaban J connectivity index is 1.92. The first kappa shape index (κ1) is 15.5. The molecule has 110 valence electrons. The van der Waals surface area contributed by atoms with Crippen molar-refractivity contribution < 1.29 is 9.59 Å². The first-order chi connectivity index (χ1) is 9.47. The van der Waals surface area contributed by atoms with Gasteiger partial charge in [-0.2, -0.15) is 0 Å². The third-order valence-electron chi connectivity index (χ3n) is 3.28. The zero-order valence-electron chi connectivity index (χ0n) is 11.3. The van der Waals surface area contributed by atoms with Crippen LogP contribution < -0.4 is 11.1 Å². The molecule has 3 N–H and O–H groups in total. The molecule has 0 radical (unpaired) electrons. The fraction of sp³-hybridized carbons (Fsp3) is 0.538. The summed E-state index contributed by atoms with van der Waals surface area (Å²) in [5.41, 5.74) is 5.87. The molecule has 5 nitrogen and oxygen atoms in total. The van der Waals surface area contributed by atoms with Crippen LogP contribution in [0.25, 0.3) is 0 Å². The zero-order valence-corrected chi connectivity index (χ0v) is 13.7. The molecule has 1 aromatic heterocycles. The molecule has 0 bridgehead atoms. The number of halogens is 1. The standard InChI is InChI=1S/C13H18BrN3O2S/c1-8(13(19)17-6-2-3-9(15)7-17)16-12(18)10-4-5-11(14)20-10/h4-5,8-9H,2-3,6-7,15H2,1H3,(H,16,18). The van der Waals surface area contributed by atoms with Gasteiger partial charge in [0, 0.05) is 19.1 Å². The summed E-state index contributed by atoms with van der Waals surface area (Å²) in [7, 11) is 0. The number of nitrogens with zero attached hydrogens (tertiary/aromatic N) is 1. The highest BCUT2D eigenvalue weighted by Gasteiger charge is 2.26. The van der Waals surface area contributed by atoms with Crippen LogP contribution in [0.1, 0.15) is 29.4 Å². The van der Waals surface area contributed by atoms with Crippen LogP contribution >= 0.6 is 27.3 Å². The van der Waals surface area contributed by atoms with Crippen LogP contribution in [-0.2, 0) is 4.79 Å². The molecule has 2 atom stereocenters. The van der Waals surface area contributed by atoms with E-state index in [4.69, 9.17) is 5.73 Å². The van der Waals surface area contributed by atoms with Crippen LogP contribution in [0.5, 0.6) is 0 Å². The Morgan fingerprint density at radius 1 is 1.55 bits per heavy atom. The minimum atomic E-state index is -0.534. The summed E-state index contributed by atoms with van der Waals surface area (Å²) in [6, 6.07) is 3.06. The number of likely N-dealkylation sites (tertiary alicyclic amines) is 1. The van der Waals surface area contributed by atoms with Crippen molar-refractivity contribution in [1.29, 1.82) is 0 Å². The van der Waals surface area contributed by atoms with Gasteiger partial charge in [-0.25, -0.2) is 0 Å². The van der Waals surface area contributed by atoms with Gasteiger partial charge in [-0.3, -0.25) is 9.59 Å². The van der Waals surface area contributed by atoms with Crippen molar-refractivity contribution in [1.82, 2.24) is 10.2 Å². The summed E-state index contributed by atoms with van der Waals surface area (Å²) in [6.45, 7) is 3.00. The number of hydrogen-bond donors (Lipinski definition) is 2. The van der Waals surface area contributed by atoms with Gasteiger partial charge in [-0.05, 0) is 47.8 Å². The molecule has 0 saturated carbocycles. The zero-order chi connectivity index (χ0) is 14.7. The second kappa shape index (κ2) is 6.69. The van der Waals surface area contributed by atoms with Gasteiger partial charge in [0.2, 0.25) is 5.91 Å². The number of thiophene rings is 1. The smallest absolute Gasteiger partial charge is 0.262 e. The van der Waals surface area contributed by atoms with E-state index in [-0.39, 0.29) is 17.9 Å². The van der Waals surface area contributed by atoms with Gasteiger partial charge in [0.25, 0.3) is 5.91 Å². The maximum absolute atomic E-state index is 12.3. The number of amides is 2. The third kappa shape index (κ3) is 3.80. The van der Waals surface area contributed by atoms with Crippen LogP contribution in [0.4, 0.5) is 0 Å². The average molecular weight is 360 g/mol. The molecule has 2 amide bonds. The summed E-state index contributed by atoms with van der Waals surface area (Å²) >= 11 is 4.66. The van der Waals surface area contributed by atoms with Gasteiger partial charge >= 0.3 is 0 Å².